The normalized spacial score (nSPS) is 13.0. The summed E-state index contributed by atoms with van der Waals surface area (Å²) >= 11 is 0. The molecule has 76 valence electrons. The minimum atomic E-state index is 0.282. The predicted octanol–water partition coefficient (Wildman–Crippen LogP) is 0.925. The molecule has 14 heavy (non-hydrogen) atoms. The topological polar surface area (TPSA) is 53.7 Å². The number of methoxy groups -OCH3 is 1. The Labute approximate surface area is 82.6 Å². The van der Waals surface area contributed by atoms with Crippen molar-refractivity contribution in [2.75, 3.05) is 20.4 Å². The van der Waals surface area contributed by atoms with Crippen molar-refractivity contribution >= 4 is 0 Å². The first kappa shape index (κ1) is 9.15. The lowest BCUT2D eigenvalue weighted by atomic mass is 10.1. The zero-order valence-corrected chi connectivity index (χ0v) is 8.08. The van der Waals surface area contributed by atoms with E-state index in [2.05, 4.69) is 0 Å². The Hall–Kier alpha value is -1.42. The minimum Gasteiger partial charge on any atom is -0.496 e. The van der Waals surface area contributed by atoms with Gasteiger partial charge in [-0.1, -0.05) is 0 Å². The van der Waals surface area contributed by atoms with Gasteiger partial charge in [0.1, 0.15) is 5.75 Å². The molecule has 1 heterocycles. The van der Waals surface area contributed by atoms with E-state index in [9.17, 15) is 0 Å². The van der Waals surface area contributed by atoms with Crippen molar-refractivity contribution in [2.45, 2.75) is 6.42 Å². The van der Waals surface area contributed by atoms with Gasteiger partial charge in [-0.2, -0.15) is 0 Å². The molecule has 0 radical (unpaired) electrons. The van der Waals surface area contributed by atoms with Gasteiger partial charge in [-0.15, -0.1) is 0 Å². The lowest BCUT2D eigenvalue weighted by Crippen LogP contribution is -2.04. The molecule has 4 heteroatoms. The van der Waals surface area contributed by atoms with E-state index < -0.39 is 0 Å². The van der Waals surface area contributed by atoms with Gasteiger partial charge in [-0.05, 0) is 24.6 Å². The van der Waals surface area contributed by atoms with Crippen molar-refractivity contribution in [2.24, 2.45) is 5.73 Å². The molecule has 0 saturated heterocycles. The first-order chi connectivity index (χ1) is 6.85. The number of nitrogens with two attached hydrogens (primary N) is 1. The highest BCUT2D eigenvalue weighted by molar-refractivity contribution is 5.51. The third-order valence-corrected chi connectivity index (χ3v) is 2.19. The smallest absolute Gasteiger partial charge is 0.231 e. The van der Waals surface area contributed by atoms with Gasteiger partial charge in [0.2, 0.25) is 6.79 Å². The van der Waals surface area contributed by atoms with Crippen molar-refractivity contribution in [3.05, 3.63) is 17.7 Å². The summed E-state index contributed by atoms with van der Waals surface area (Å²) in [6.45, 7) is 0.876. The molecule has 1 aliphatic rings. The highest BCUT2D eigenvalue weighted by atomic mass is 16.7. The van der Waals surface area contributed by atoms with Crippen LogP contribution < -0.4 is 19.9 Å². The number of rotatable bonds is 3. The molecule has 0 saturated carbocycles. The van der Waals surface area contributed by atoms with Crippen molar-refractivity contribution < 1.29 is 14.2 Å². The monoisotopic (exact) mass is 195 g/mol. The van der Waals surface area contributed by atoms with Crippen molar-refractivity contribution in [3.8, 4) is 17.2 Å². The number of fused-ring (bicyclic) bond motifs is 1. The molecule has 2 rings (SSSR count). The van der Waals surface area contributed by atoms with Crippen LogP contribution in [0.25, 0.3) is 0 Å². The molecule has 1 aliphatic heterocycles. The minimum absolute atomic E-state index is 0.282. The average molecular weight is 195 g/mol. The van der Waals surface area contributed by atoms with Crippen LogP contribution in [-0.2, 0) is 6.42 Å². The number of ether oxygens (including phenoxy) is 3. The Balaban J connectivity index is 2.38. The molecule has 1 aromatic rings. The average Bonchev–Trinajstić information content (AvgIpc) is 2.64. The lowest BCUT2D eigenvalue weighted by molar-refractivity contribution is 0.174. The predicted molar refractivity (Wildman–Crippen MR) is 51.9 cm³/mol. The van der Waals surface area contributed by atoms with E-state index in [0.29, 0.717) is 6.54 Å². The van der Waals surface area contributed by atoms with Gasteiger partial charge in [-0.3, -0.25) is 0 Å². The van der Waals surface area contributed by atoms with E-state index in [1.54, 1.807) is 7.11 Å². The van der Waals surface area contributed by atoms with E-state index in [1.807, 2.05) is 12.1 Å². The molecule has 0 aromatic heterocycles. The van der Waals surface area contributed by atoms with Gasteiger partial charge in [0.25, 0.3) is 0 Å². The van der Waals surface area contributed by atoms with E-state index >= 15 is 0 Å². The molecule has 0 atom stereocenters. The number of hydrogen-bond acceptors (Lipinski definition) is 4. The van der Waals surface area contributed by atoms with Crippen LogP contribution in [-0.4, -0.2) is 20.4 Å². The second-order valence-electron chi connectivity index (χ2n) is 3.06. The van der Waals surface area contributed by atoms with Gasteiger partial charge in [-0.25, -0.2) is 0 Å². The summed E-state index contributed by atoms with van der Waals surface area (Å²) in [5.41, 5.74) is 6.56. The van der Waals surface area contributed by atoms with Crippen LogP contribution in [0.3, 0.4) is 0 Å². The Bertz CT molecular complexity index is 338. The summed E-state index contributed by atoms with van der Waals surface area (Å²) in [5, 5.41) is 0. The Morgan fingerprint density at radius 2 is 2.07 bits per heavy atom. The fourth-order valence-electron chi connectivity index (χ4n) is 1.51. The van der Waals surface area contributed by atoms with Crippen LogP contribution in [0.1, 0.15) is 5.56 Å². The fraction of sp³-hybridized carbons (Fsp3) is 0.400. The van der Waals surface area contributed by atoms with Gasteiger partial charge in [0, 0.05) is 6.07 Å². The van der Waals surface area contributed by atoms with Crippen molar-refractivity contribution in [1.82, 2.24) is 0 Å². The maximum absolute atomic E-state index is 5.50. The summed E-state index contributed by atoms with van der Waals surface area (Å²) in [5.74, 6) is 2.32. The second-order valence-corrected chi connectivity index (χ2v) is 3.06. The Morgan fingerprint density at radius 3 is 2.71 bits per heavy atom. The molecule has 4 nitrogen and oxygen atoms in total. The first-order valence-corrected chi connectivity index (χ1v) is 4.51. The second kappa shape index (κ2) is 3.75. The SMILES string of the molecule is COc1cc2c(cc1CCN)OCO2. The quantitative estimate of drug-likeness (QED) is 0.779. The summed E-state index contributed by atoms with van der Waals surface area (Å²) in [6, 6.07) is 3.77. The number of hydrogen-bond donors (Lipinski definition) is 1. The third-order valence-electron chi connectivity index (χ3n) is 2.19. The molecular weight excluding hydrogens is 182 g/mol. The van der Waals surface area contributed by atoms with Gasteiger partial charge in [0.15, 0.2) is 11.5 Å². The van der Waals surface area contributed by atoms with E-state index in [0.717, 1.165) is 29.2 Å². The van der Waals surface area contributed by atoms with E-state index in [-0.39, 0.29) is 6.79 Å². The van der Waals surface area contributed by atoms with Crippen LogP contribution in [0.4, 0.5) is 0 Å². The summed E-state index contributed by atoms with van der Waals surface area (Å²) in [6.07, 6.45) is 0.778. The molecule has 0 fully saturated rings. The third kappa shape index (κ3) is 1.48. The van der Waals surface area contributed by atoms with Crippen LogP contribution in [0, 0.1) is 0 Å². The standard InChI is InChI=1S/C10H13NO3/c1-12-8-5-10-9(13-6-14-10)4-7(8)2-3-11/h4-5H,2-3,6,11H2,1H3. The molecule has 0 spiro atoms. The Kier molecular flexibility index (Phi) is 2.45. The molecular formula is C10H13NO3. The van der Waals surface area contributed by atoms with Gasteiger partial charge in [0.05, 0.1) is 7.11 Å². The summed E-state index contributed by atoms with van der Waals surface area (Å²) in [4.78, 5) is 0. The highest BCUT2D eigenvalue weighted by Gasteiger charge is 2.17. The zero-order chi connectivity index (χ0) is 9.97. The van der Waals surface area contributed by atoms with Crippen molar-refractivity contribution in [1.29, 1.82) is 0 Å². The fourth-order valence-corrected chi connectivity index (χ4v) is 1.51. The Morgan fingerprint density at radius 1 is 1.36 bits per heavy atom. The van der Waals surface area contributed by atoms with Crippen LogP contribution in [0.2, 0.25) is 0 Å². The van der Waals surface area contributed by atoms with Gasteiger partial charge < -0.3 is 19.9 Å². The molecule has 0 amide bonds. The van der Waals surface area contributed by atoms with E-state index in [1.165, 1.54) is 0 Å². The summed E-state index contributed by atoms with van der Waals surface area (Å²) in [7, 11) is 1.64. The maximum Gasteiger partial charge on any atom is 0.231 e. The zero-order valence-electron chi connectivity index (χ0n) is 8.08. The molecule has 2 N–H and O–H groups in total. The number of benzene rings is 1. The lowest BCUT2D eigenvalue weighted by Gasteiger charge is -2.08. The first-order valence-electron chi connectivity index (χ1n) is 4.51. The highest BCUT2D eigenvalue weighted by Crippen LogP contribution is 2.38. The van der Waals surface area contributed by atoms with Crippen molar-refractivity contribution in [3.63, 3.8) is 0 Å². The van der Waals surface area contributed by atoms with Crippen LogP contribution >= 0.6 is 0 Å². The molecule has 1 aromatic carbocycles. The summed E-state index contributed by atoms with van der Waals surface area (Å²) < 4.78 is 15.7. The maximum atomic E-state index is 5.50. The van der Waals surface area contributed by atoms with E-state index in [4.69, 9.17) is 19.9 Å². The van der Waals surface area contributed by atoms with Gasteiger partial charge >= 0.3 is 0 Å². The molecule has 0 bridgehead atoms. The largest absolute Gasteiger partial charge is 0.496 e. The van der Waals surface area contributed by atoms with Crippen LogP contribution in [0.15, 0.2) is 12.1 Å². The molecule has 0 aliphatic carbocycles. The molecule has 0 unspecified atom stereocenters. The van der Waals surface area contributed by atoms with Crippen LogP contribution in [0.5, 0.6) is 17.2 Å².